The number of nitrogens with zero attached hydrogens (tertiary/aromatic N) is 1. The fraction of sp³-hybridized carbons (Fsp3) is 0.412. The third kappa shape index (κ3) is 7.26. The van der Waals surface area contributed by atoms with Crippen LogP contribution in [0.5, 0.6) is 5.75 Å². The van der Waals surface area contributed by atoms with Gasteiger partial charge in [-0.1, -0.05) is 42.5 Å². The second-order valence-electron chi connectivity index (χ2n) is 12.4. The first-order valence-electron chi connectivity index (χ1n) is 15.7. The van der Waals surface area contributed by atoms with Crippen LogP contribution >= 0.6 is 0 Å². The van der Waals surface area contributed by atoms with Gasteiger partial charge >= 0.3 is 0 Å². The molecular formula is C34H40N4O7S. The van der Waals surface area contributed by atoms with Crippen LogP contribution in [0, 0.1) is 6.92 Å². The van der Waals surface area contributed by atoms with Crippen molar-refractivity contribution in [3.63, 3.8) is 0 Å². The minimum absolute atomic E-state index is 0.00722. The number of carbonyl (C=O) groups excluding carboxylic acids is 2. The average molecular weight is 649 g/mol. The molecule has 0 radical (unpaired) electrons. The molecule has 0 saturated carbocycles. The quantitative estimate of drug-likeness (QED) is 0.336. The Hall–Kier alpha value is -3.81. The molecule has 3 aliphatic rings. The molecule has 3 heterocycles. The number of aliphatic hydroxyl groups is 1. The summed E-state index contributed by atoms with van der Waals surface area (Å²) < 4.78 is 35.9. The zero-order valence-electron chi connectivity index (χ0n) is 25.7. The van der Waals surface area contributed by atoms with Crippen molar-refractivity contribution in [1.29, 1.82) is 0 Å². The summed E-state index contributed by atoms with van der Waals surface area (Å²) >= 11 is 0. The standard InChI is InChI=1S/C34H40N4O7S/c1-21-4-2-3-5-24(21)19-38-20-25-17-29(38)34(41)36-18-32-30(39)13-9-26(45-32)14-15-44-31-16-23(8-12-28(31)33(40)37-25)22-6-10-27(11-7-22)46(35,42)43/h2-8,10-12,16,25-26,29-30,32,39H,9,13-15,17-20H2,1H3,(H,36,41)(H,37,40)(H2,35,42,43)/t25-,26-,29-,30-,32+/m0/s1. The van der Waals surface area contributed by atoms with Crippen LogP contribution in [0.3, 0.4) is 0 Å². The van der Waals surface area contributed by atoms with Crippen molar-refractivity contribution in [1.82, 2.24) is 15.5 Å². The Labute approximate surface area is 269 Å². The molecule has 244 valence electrons. The number of primary sulfonamides is 1. The molecule has 11 nitrogen and oxygen atoms in total. The highest BCUT2D eigenvalue weighted by molar-refractivity contribution is 7.89. The van der Waals surface area contributed by atoms with E-state index in [9.17, 15) is 23.1 Å². The number of hydrogen-bond acceptors (Lipinski definition) is 8. The van der Waals surface area contributed by atoms with E-state index in [-0.39, 0.29) is 42.0 Å². The van der Waals surface area contributed by atoms with Crippen molar-refractivity contribution in [2.45, 2.75) is 74.4 Å². The van der Waals surface area contributed by atoms with Gasteiger partial charge in [-0.25, -0.2) is 13.6 Å². The van der Waals surface area contributed by atoms with Crippen LogP contribution in [0.1, 0.15) is 47.2 Å². The summed E-state index contributed by atoms with van der Waals surface area (Å²) in [6.45, 7) is 3.53. The van der Waals surface area contributed by atoms with Gasteiger partial charge in [0.25, 0.3) is 5.91 Å². The molecule has 0 unspecified atom stereocenters. The number of ether oxygens (including phenoxy) is 2. The number of likely N-dealkylation sites (tertiary alicyclic amines) is 1. The highest BCUT2D eigenvalue weighted by atomic mass is 32.2. The van der Waals surface area contributed by atoms with Crippen LogP contribution in [-0.4, -0.2) is 80.3 Å². The minimum atomic E-state index is -3.83. The van der Waals surface area contributed by atoms with Crippen molar-refractivity contribution >= 4 is 21.8 Å². The van der Waals surface area contributed by atoms with Crippen molar-refractivity contribution < 1.29 is 32.6 Å². The van der Waals surface area contributed by atoms with Crippen molar-refractivity contribution in [3.8, 4) is 16.9 Å². The van der Waals surface area contributed by atoms with Crippen LogP contribution < -0.4 is 20.5 Å². The first kappa shape index (κ1) is 32.1. The Morgan fingerprint density at radius 1 is 1.00 bits per heavy atom. The van der Waals surface area contributed by atoms with Gasteiger partial charge in [0.1, 0.15) is 11.9 Å². The van der Waals surface area contributed by atoms with Crippen LogP contribution in [0.2, 0.25) is 0 Å². The van der Waals surface area contributed by atoms with Gasteiger partial charge in [0.15, 0.2) is 0 Å². The number of nitrogens with two attached hydrogens (primary N) is 1. The van der Waals surface area contributed by atoms with Gasteiger partial charge in [-0.05, 0) is 72.7 Å². The lowest BCUT2D eigenvalue weighted by Crippen LogP contribution is -2.50. The molecule has 46 heavy (non-hydrogen) atoms. The molecule has 5 N–H and O–H groups in total. The number of benzene rings is 3. The van der Waals surface area contributed by atoms with Crippen LogP contribution in [0.15, 0.2) is 71.6 Å². The molecule has 5 atom stereocenters. The summed E-state index contributed by atoms with van der Waals surface area (Å²) in [7, 11) is -3.83. The normalized spacial score (nSPS) is 26.0. The molecule has 6 rings (SSSR count). The second-order valence-corrected chi connectivity index (χ2v) is 13.9. The van der Waals surface area contributed by atoms with Gasteiger partial charge in [0, 0.05) is 32.1 Å². The Kier molecular flexibility index (Phi) is 9.44. The lowest BCUT2D eigenvalue weighted by atomic mass is 9.99. The van der Waals surface area contributed by atoms with E-state index in [1.54, 1.807) is 30.3 Å². The van der Waals surface area contributed by atoms with Gasteiger partial charge in [-0.15, -0.1) is 0 Å². The maximum Gasteiger partial charge on any atom is 0.255 e. The molecule has 0 aliphatic carbocycles. The number of hydrogen-bond donors (Lipinski definition) is 4. The fourth-order valence-corrected chi connectivity index (χ4v) is 7.05. The summed E-state index contributed by atoms with van der Waals surface area (Å²) in [5.41, 5.74) is 4.05. The topological polar surface area (TPSA) is 160 Å². The summed E-state index contributed by atoms with van der Waals surface area (Å²) in [6, 6.07) is 18.7. The number of aryl methyl sites for hydroxylation is 1. The van der Waals surface area contributed by atoms with E-state index < -0.39 is 28.3 Å². The van der Waals surface area contributed by atoms with Crippen LogP contribution in [-0.2, 0) is 26.1 Å². The number of carbonyl (C=O) groups is 2. The SMILES string of the molecule is Cc1ccccc1CN1C[C@@H]2C[C@H]1C(=O)NC[C@H]1O[C@H](CCOc3cc(-c4ccc(S(N)(=O)=O)cc4)ccc3C(=O)N2)CC[C@@H]1O. The van der Waals surface area contributed by atoms with Crippen molar-refractivity contribution in [2.75, 3.05) is 19.7 Å². The number of fused-ring (bicyclic) bond motifs is 5. The Morgan fingerprint density at radius 2 is 1.76 bits per heavy atom. The first-order valence-corrected chi connectivity index (χ1v) is 17.2. The van der Waals surface area contributed by atoms with Gasteiger partial charge in [0.2, 0.25) is 15.9 Å². The first-order chi connectivity index (χ1) is 22.0. The predicted molar refractivity (Wildman–Crippen MR) is 172 cm³/mol. The summed E-state index contributed by atoms with van der Waals surface area (Å²) in [5.74, 6) is -0.0801. The van der Waals surface area contributed by atoms with Gasteiger partial charge in [-0.3, -0.25) is 14.5 Å². The number of sulfonamides is 1. The van der Waals surface area contributed by atoms with Crippen LogP contribution in [0.4, 0.5) is 0 Å². The monoisotopic (exact) mass is 648 g/mol. The molecule has 12 heteroatoms. The molecule has 2 amide bonds. The van der Waals surface area contributed by atoms with E-state index in [1.165, 1.54) is 12.1 Å². The van der Waals surface area contributed by atoms with E-state index >= 15 is 0 Å². The third-order valence-electron chi connectivity index (χ3n) is 9.17. The Bertz CT molecular complexity index is 1700. The lowest BCUT2D eigenvalue weighted by Gasteiger charge is -2.34. The summed E-state index contributed by atoms with van der Waals surface area (Å²) in [5, 5.41) is 22.1. The molecule has 3 aromatic rings. The average Bonchev–Trinajstić information content (AvgIpc) is 3.43. The van der Waals surface area contributed by atoms with Gasteiger partial charge in [0.05, 0.1) is 35.3 Å². The lowest BCUT2D eigenvalue weighted by molar-refractivity contribution is -0.133. The zero-order chi connectivity index (χ0) is 32.4. The van der Waals surface area contributed by atoms with Gasteiger partial charge in [-0.2, -0.15) is 0 Å². The van der Waals surface area contributed by atoms with Crippen molar-refractivity contribution in [3.05, 3.63) is 83.4 Å². The number of nitrogens with one attached hydrogen (secondary N) is 2. The molecule has 4 bridgehead atoms. The second kappa shape index (κ2) is 13.5. The van der Waals surface area contributed by atoms with E-state index in [4.69, 9.17) is 14.6 Å². The predicted octanol–water partition coefficient (Wildman–Crippen LogP) is 2.49. The van der Waals surface area contributed by atoms with E-state index in [1.807, 2.05) is 31.2 Å². The van der Waals surface area contributed by atoms with E-state index in [0.717, 1.165) is 22.3 Å². The minimum Gasteiger partial charge on any atom is -0.493 e. The van der Waals surface area contributed by atoms with Crippen molar-refractivity contribution in [2.24, 2.45) is 5.14 Å². The van der Waals surface area contributed by atoms with Crippen LogP contribution in [0.25, 0.3) is 11.1 Å². The number of rotatable bonds is 4. The molecule has 0 aromatic heterocycles. The maximum atomic E-state index is 13.8. The molecular weight excluding hydrogens is 608 g/mol. The molecule has 3 aromatic carbocycles. The number of amides is 2. The highest BCUT2D eigenvalue weighted by Crippen LogP contribution is 2.31. The van der Waals surface area contributed by atoms with E-state index in [0.29, 0.717) is 50.1 Å². The molecule has 3 aliphatic heterocycles. The maximum absolute atomic E-state index is 13.8. The molecule has 2 fully saturated rings. The Morgan fingerprint density at radius 3 is 2.52 bits per heavy atom. The van der Waals surface area contributed by atoms with Gasteiger partial charge < -0.3 is 25.2 Å². The fourth-order valence-electron chi connectivity index (χ4n) is 6.54. The smallest absolute Gasteiger partial charge is 0.255 e. The van der Waals surface area contributed by atoms with E-state index in [2.05, 4.69) is 15.5 Å². The Balaban J connectivity index is 1.30. The highest BCUT2D eigenvalue weighted by Gasteiger charge is 2.39. The summed E-state index contributed by atoms with van der Waals surface area (Å²) in [6.07, 6.45) is 0.751. The molecule has 2 saturated heterocycles. The third-order valence-corrected chi connectivity index (χ3v) is 10.1. The zero-order valence-corrected chi connectivity index (χ0v) is 26.5. The largest absolute Gasteiger partial charge is 0.493 e. The number of aliphatic hydroxyl groups excluding tert-OH is 1. The molecule has 0 spiro atoms. The summed E-state index contributed by atoms with van der Waals surface area (Å²) in [4.78, 5) is 29.4.